The van der Waals surface area contributed by atoms with E-state index in [1.807, 2.05) is 6.07 Å². The second-order valence-corrected chi connectivity index (χ2v) is 10.6. The Morgan fingerprint density at radius 2 is 2.00 bits per heavy atom. The molecule has 2 aromatic rings. The first kappa shape index (κ1) is 26.9. The van der Waals surface area contributed by atoms with E-state index < -0.39 is 78.2 Å². The SMILES string of the molecule is N#C[C@H](C[C@H]1CCCNC1=O)NC(=O)[C@@H]1[C@H]2CC(F)(F)C[C@H]2CN1C(=O)c1cc2c(C(F)F)cc(F)cc2[nH]1. The van der Waals surface area contributed by atoms with Crippen LogP contribution in [-0.4, -0.2) is 58.7 Å². The number of hydrogen-bond donors (Lipinski definition) is 3. The van der Waals surface area contributed by atoms with E-state index in [2.05, 4.69) is 15.6 Å². The summed E-state index contributed by atoms with van der Waals surface area (Å²) in [7, 11) is 0. The number of carbonyl (C=O) groups excluding carboxylic acids is 3. The molecule has 13 heteroatoms. The molecule has 3 heterocycles. The second kappa shape index (κ2) is 10.1. The van der Waals surface area contributed by atoms with Crippen molar-refractivity contribution < 1.29 is 36.3 Å². The number of piperidine rings is 1. The van der Waals surface area contributed by atoms with E-state index in [1.54, 1.807) is 0 Å². The number of rotatable bonds is 6. The van der Waals surface area contributed by atoms with Crippen LogP contribution in [0.15, 0.2) is 18.2 Å². The summed E-state index contributed by atoms with van der Waals surface area (Å²) in [5, 5.41) is 14.8. The molecular weight excluding hydrogens is 525 g/mol. The monoisotopic (exact) mass is 551 g/mol. The molecule has 3 amide bonds. The lowest BCUT2D eigenvalue weighted by atomic mass is 9.90. The Morgan fingerprint density at radius 3 is 2.69 bits per heavy atom. The van der Waals surface area contributed by atoms with E-state index in [-0.39, 0.29) is 35.5 Å². The number of benzene rings is 1. The van der Waals surface area contributed by atoms with Gasteiger partial charge in [-0.3, -0.25) is 14.4 Å². The fraction of sp³-hybridized carbons (Fsp3) is 0.538. The fourth-order valence-corrected chi connectivity index (χ4v) is 6.27. The summed E-state index contributed by atoms with van der Waals surface area (Å²) in [6, 6.07) is 2.27. The van der Waals surface area contributed by atoms with Gasteiger partial charge in [-0.05, 0) is 49.3 Å². The molecule has 208 valence electrons. The highest BCUT2D eigenvalue weighted by Gasteiger charge is 2.58. The number of likely N-dealkylation sites (tertiary alicyclic amines) is 1. The third-order valence-electron chi connectivity index (χ3n) is 7.99. The van der Waals surface area contributed by atoms with Crippen LogP contribution in [0.1, 0.15) is 54.6 Å². The number of H-pyrrole nitrogens is 1. The van der Waals surface area contributed by atoms with Gasteiger partial charge in [0.2, 0.25) is 17.7 Å². The number of nitrogens with one attached hydrogen (secondary N) is 3. The van der Waals surface area contributed by atoms with Crippen molar-refractivity contribution in [1.82, 2.24) is 20.5 Å². The maximum atomic E-state index is 14.3. The van der Waals surface area contributed by atoms with Crippen molar-refractivity contribution >= 4 is 28.6 Å². The van der Waals surface area contributed by atoms with Crippen molar-refractivity contribution in [2.45, 2.75) is 56.5 Å². The Balaban J connectivity index is 1.41. The molecule has 0 radical (unpaired) electrons. The highest BCUT2D eigenvalue weighted by atomic mass is 19.3. The average Bonchev–Trinajstić information content (AvgIpc) is 3.53. The third kappa shape index (κ3) is 5.16. The van der Waals surface area contributed by atoms with Gasteiger partial charge in [0.25, 0.3) is 12.3 Å². The lowest BCUT2D eigenvalue weighted by molar-refractivity contribution is -0.129. The van der Waals surface area contributed by atoms with E-state index in [9.17, 15) is 41.6 Å². The van der Waals surface area contributed by atoms with Crippen LogP contribution in [0.4, 0.5) is 22.0 Å². The molecule has 39 heavy (non-hydrogen) atoms. The van der Waals surface area contributed by atoms with Gasteiger partial charge < -0.3 is 20.5 Å². The summed E-state index contributed by atoms with van der Waals surface area (Å²) in [6.07, 6.45) is -2.88. The smallest absolute Gasteiger partial charge is 0.271 e. The van der Waals surface area contributed by atoms with Gasteiger partial charge in [0, 0.05) is 48.3 Å². The molecule has 5 atom stereocenters. The van der Waals surface area contributed by atoms with Crippen molar-refractivity contribution in [3.63, 3.8) is 0 Å². The Kier molecular flexibility index (Phi) is 6.99. The van der Waals surface area contributed by atoms with E-state index in [0.717, 1.165) is 17.0 Å². The maximum absolute atomic E-state index is 14.3. The van der Waals surface area contributed by atoms with Crippen molar-refractivity contribution in [1.29, 1.82) is 5.26 Å². The van der Waals surface area contributed by atoms with Crippen LogP contribution in [0.2, 0.25) is 0 Å². The van der Waals surface area contributed by atoms with Gasteiger partial charge in [0.1, 0.15) is 23.6 Å². The molecule has 3 aliphatic rings. The van der Waals surface area contributed by atoms with Crippen LogP contribution in [0, 0.1) is 34.9 Å². The normalized spacial score (nSPS) is 26.8. The molecule has 2 saturated heterocycles. The fourth-order valence-electron chi connectivity index (χ4n) is 6.27. The molecule has 2 aliphatic heterocycles. The van der Waals surface area contributed by atoms with Gasteiger partial charge >= 0.3 is 0 Å². The zero-order valence-electron chi connectivity index (χ0n) is 20.7. The molecule has 8 nitrogen and oxygen atoms in total. The number of aromatic amines is 1. The average molecular weight is 552 g/mol. The predicted octanol–water partition coefficient (Wildman–Crippen LogP) is 3.66. The molecule has 0 unspecified atom stereocenters. The summed E-state index contributed by atoms with van der Waals surface area (Å²) in [5.41, 5.74) is -0.857. The van der Waals surface area contributed by atoms with Crippen LogP contribution >= 0.6 is 0 Å². The highest BCUT2D eigenvalue weighted by Crippen LogP contribution is 2.50. The summed E-state index contributed by atoms with van der Waals surface area (Å²) in [6.45, 7) is 0.347. The minimum Gasteiger partial charge on any atom is -0.356 e. The number of fused-ring (bicyclic) bond motifs is 2. The first-order chi connectivity index (χ1) is 18.5. The number of carbonyl (C=O) groups is 3. The van der Waals surface area contributed by atoms with Gasteiger partial charge in [-0.1, -0.05) is 0 Å². The van der Waals surface area contributed by atoms with Gasteiger partial charge in [-0.25, -0.2) is 22.0 Å². The zero-order valence-corrected chi connectivity index (χ0v) is 20.7. The van der Waals surface area contributed by atoms with Crippen LogP contribution in [-0.2, 0) is 9.59 Å². The minimum absolute atomic E-state index is 0.0307. The van der Waals surface area contributed by atoms with Crippen molar-refractivity contribution in [2.75, 3.05) is 13.1 Å². The first-order valence-electron chi connectivity index (χ1n) is 12.7. The standard InChI is InChI=1S/C26H26F5N5O3/c27-14-5-17(22(28)29)16-7-20(35-19(16)6-14)25(39)36-11-13-8-26(30,31)9-18(13)21(36)24(38)34-15(10-32)4-12-2-1-3-33-23(12)37/h5-7,12-13,15,18,21-22,35H,1-4,8-9,11H2,(H,33,37)(H,34,38)/t12-,13+,15+,18+,21+/m1/s1. The van der Waals surface area contributed by atoms with Gasteiger partial charge in [-0.2, -0.15) is 5.26 Å². The van der Waals surface area contributed by atoms with Crippen molar-refractivity contribution in [2.24, 2.45) is 17.8 Å². The Hall–Kier alpha value is -3.69. The zero-order chi connectivity index (χ0) is 28.1. The van der Waals surface area contributed by atoms with Crippen LogP contribution in [0.5, 0.6) is 0 Å². The number of nitrogens with zero attached hydrogens (tertiary/aromatic N) is 2. The van der Waals surface area contributed by atoms with E-state index in [1.165, 1.54) is 0 Å². The molecular formula is C26H26F5N5O3. The molecule has 0 spiro atoms. The topological polar surface area (TPSA) is 118 Å². The molecule has 1 aromatic heterocycles. The van der Waals surface area contributed by atoms with E-state index in [0.29, 0.717) is 25.5 Å². The Bertz CT molecular complexity index is 1360. The quantitative estimate of drug-likeness (QED) is 0.475. The molecule has 3 N–H and O–H groups in total. The molecule has 1 aliphatic carbocycles. The van der Waals surface area contributed by atoms with Crippen molar-refractivity contribution in [3.05, 3.63) is 35.3 Å². The maximum Gasteiger partial charge on any atom is 0.271 e. The van der Waals surface area contributed by atoms with E-state index >= 15 is 0 Å². The summed E-state index contributed by atoms with van der Waals surface area (Å²) >= 11 is 0. The number of amides is 3. The third-order valence-corrected chi connectivity index (χ3v) is 7.99. The van der Waals surface area contributed by atoms with Crippen molar-refractivity contribution in [3.8, 4) is 6.07 Å². The summed E-state index contributed by atoms with van der Waals surface area (Å²) in [5.74, 6) is -7.85. The van der Waals surface area contributed by atoms with Gasteiger partial charge in [0.15, 0.2) is 0 Å². The van der Waals surface area contributed by atoms with Crippen LogP contribution in [0.3, 0.4) is 0 Å². The largest absolute Gasteiger partial charge is 0.356 e. The predicted molar refractivity (Wildman–Crippen MR) is 127 cm³/mol. The van der Waals surface area contributed by atoms with Gasteiger partial charge in [-0.15, -0.1) is 0 Å². The van der Waals surface area contributed by atoms with Crippen LogP contribution in [0.25, 0.3) is 10.9 Å². The molecule has 3 fully saturated rings. The molecule has 1 saturated carbocycles. The second-order valence-electron chi connectivity index (χ2n) is 10.6. The summed E-state index contributed by atoms with van der Waals surface area (Å²) < 4.78 is 69.4. The molecule has 0 bridgehead atoms. The molecule has 1 aromatic carbocycles. The van der Waals surface area contributed by atoms with Gasteiger partial charge in [0.05, 0.1) is 6.07 Å². The number of alkyl halides is 4. The number of hydrogen-bond acceptors (Lipinski definition) is 4. The number of nitriles is 1. The Morgan fingerprint density at radius 1 is 1.23 bits per heavy atom. The molecule has 5 rings (SSSR count). The lowest BCUT2D eigenvalue weighted by Crippen LogP contribution is -2.52. The number of aromatic nitrogens is 1. The number of halogens is 5. The lowest BCUT2D eigenvalue weighted by Gasteiger charge is -2.29. The summed E-state index contributed by atoms with van der Waals surface area (Å²) in [4.78, 5) is 42.8. The van der Waals surface area contributed by atoms with E-state index in [4.69, 9.17) is 0 Å². The minimum atomic E-state index is -3.03. The van der Waals surface area contributed by atoms with Crippen LogP contribution < -0.4 is 10.6 Å². The first-order valence-corrected chi connectivity index (χ1v) is 12.7. The Labute approximate surface area is 219 Å². The highest BCUT2D eigenvalue weighted by molar-refractivity contribution is 6.01.